The first kappa shape index (κ1) is 19.1. The van der Waals surface area contributed by atoms with Crippen molar-refractivity contribution in [2.45, 2.75) is 46.6 Å². The van der Waals surface area contributed by atoms with Crippen LogP contribution in [0.15, 0.2) is 16.8 Å². The van der Waals surface area contributed by atoms with E-state index >= 15 is 0 Å². The zero-order valence-corrected chi connectivity index (χ0v) is 16.2. The Hall–Kier alpha value is -2.64. The van der Waals surface area contributed by atoms with Crippen LogP contribution in [0.3, 0.4) is 0 Å². The van der Waals surface area contributed by atoms with Crippen LogP contribution in [-0.4, -0.2) is 51.3 Å². The molecule has 27 heavy (non-hydrogen) atoms. The molecule has 3 rings (SSSR count). The highest BCUT2D eigenvalue weighted by atomic mass is 16.5. The van der Waals surface area contributed by atoms with Crippen molar-refractivity contribution >= 4 is 11.8 Å². The third kappa shape index (κ3) is 4.75. The molecule has 1 fully saturated rings. The van der Waals surface area contributed by atoms with Gasteiger partial charge < -0.3 is 14.7 Å². The summed E-state index contributed by atoms with van der Waals surface area (Å²) in [6, 6.07) is 1.94. The Bertz CT molecular complexity index is 791. The third-order valence-corrected chi connectivity index (χ3v) is 5.10. The van der Waals surface area contributed by atoms with Crippen LogP contribution >= 0.6 is 0 Å². The van der Waals surface area contributed by atoms with E-state index in [-0.39, 0.29) is 17.7 Å². The molecular formula is C19H27N5O3. The van der Waals surface area contributed by atoms with E-state index in [9.17, 15) is 9.59 Å². The molecule has 0 aliphatic carbocycles. The van der Waals surface area contributed by atoms with Gasteiger partial charge in [-0.25, -0.2) is 0 Å². The van der Waals surface area contributed by atoms with Crippen molar-refractivity contribution in [1.29, 1.82) is 0 Å². The molecule has 8 nitrogen and oxygen atoms in total. The second-order valence-corrected chi connectivity index (χ2v) is 7.14. The molecule has 1 saturated heterocycles. The average molecular weight is 373 g/mol. The van der Waals surface area contributed by atoms with Gasteiger partial charge in [0.15, 0.2) is 0 Å². The molecule has 2 amide bonds. The van der Waals surface area contributed by atoms with Crippen molar-refractivity contribution in [2.24, 2.45) is 5.92 Å². The summed E-state index contributed by atoms with van der Waals surface area (Å²) in [7, 11) is 0. The fraction of sp³-hybridized carbons (Fsp3) is 0.579. The topological polar surface area (TPSA) is 93.3 Å². The Morgan fingerprint density at radius 1 is 1.33 bits per heavy atom. The van der Waals surface area contributed by atoms with Gasteiger partial charge in [-0.05, 0) is 39.7 Å². The van der Waals surface area contributed by atoms with Gasteiger partial charge in [0.1, 0.15) is 5.76 Å². The Balaban J connectivity index is 1.40. The molecule has 0 bridgehead atoms. The molecule has 0 aromatic carbocycles. The molecule has 0 spiro atoms. The lowest BCUT2D eigenvalue weighted by atomic mass is 10.1. The Kier molecular flexibility index (Phi) is 5.93. The van der Waals surface area contributed by atoms with Crippen LogP contribution in [-0.2, 0) is 22.6 Å². The predicted octanol–water partition coefficient (Wildman–Crippen LogP) is 1.39. The molecule has 1 atom stereocenters. The highest BCUT2D eigenvalue weighted by Crippen LogP contribution is 2.19. The van der Waals surface area contributed by atoms with Gasteiger partial charge in [-0.15, -0.1) is 0 Å². The van der Waals surface area contributed by atoms with E-state index in [4.69, 9.17) is 4.52 Å². The molecule has 2 aromatic rings. The zero-order valence-electron chi connectivity index (χ0n) is 16.2. The molecular weight excluding hydrogens is 346 g/mol. The number of carbonyl (C=O) groups is 2. The first-order valence-electron chi connectivity index (χ1n) is 9.41. The van der Waals surface area contributed by atoms with Crippen molar-refractivity contribution in [3.63, 3.8) is 0 Å². The molecule has 1 aliphatic heterocycles. The molecule has 1 aliphatic rings. The smallest absolute Gasteiger partial charge is 0.225 e. The number of nitrogens with zero attached hydrogens (tertiary/aromatic N) is 4. The summed E-state index contributed by atoms with van der Waals surface area (Å²) in [5, 5.41) is 11.2. The minimum absolute atomic E-state index is 0.0138. The maximum absolute atomic E-state index is 12.5. The second kappa shape index (κ2) is 8.37. The lowest BCUT2D eigenvalue weighted by Crippen LogP contribution is -2.36. The van der Waals surface area contributed by atoms with Crippen LogP contribution in [0.25, 0.3) is 0 Å². The van der Waals surface area contributed by atoms with E-state index in [1.807, 2.05) is 37.7 Å². The van der Waals surface area contributed by atoms with Crippen LogP contribution < -0.4 is 5.32 Å². The van der Waals surface area contributed by atoms with Crippen LogP contribution in [0.1, 0.15) is 35.6 Å². The maximum Gasteiger partial charge on any atom is 0.225 e. The van der Waals surface area contributed by atoms with Crippen molar-refractivity contribution in [2.75, 3.05) is 19.6 Å². The number of carbonyl (C=O) groups excluding carboxylic acids is 2. The average Bonchev–Trinajstić information content (AvgIpc) is 3.35. The van der Waals surface area contributed by atoms with Crippen molar-refractivity contribution < 1.29 is 14.1 Å². The van der Waals surface area contributed by atoms with E-state index in [0.29, 0.717) is 45.4 Å². The van der Waals surface area contributed by atoms with Gasteiger partial charge in [0, 0.05) is 37.8 Å². The first-order valence-corrected chi connectivity index (χ1v) is 9.41. The third-order valence-electron chi connectivity index (χ3n) is 5.10. The minimum Gasteiger partial charge on any atom is -0.361 e. The van der Waals surface area contributed by atoms with E-state index < -0.39 is 0 Å². The molecule has 2 aromatic heterocycles. The summed E-state index contributed by atoms with van der Waals surface area (Å²) in [6.45, 7) is 8.00. The Labute approximate surface area is 158 Å². The van der Waals surface area contributed by atoms with Crippen LogP contribution in [0.2, 0.25) is 0 Å². The molecule has 3 heterocycles. The van der Waals surface area contributed by atoms with E-state index in [0.717, 1.165) is 22.7 Å². The summed E-state index contributed by atoms with van der Waals surface area (Å²) in [4.78, 5) is 26.6. The fourth-order valence-electron chi connectivity index (χ4n) is 3.48. The van der Waals surface area contributed by atoms with Crippen LogP contribution in [0.5, 0.6) is 0 Å². The zero-order chi connectivity index (χ0) is 19.4. The molecule has 8 heteroatoms. The van der Waals surface area contributed by atoms with Gasteiger partial charge in [-0.1, -0.05) is 5.16 Å². The molecule has 0 radical (unpaired) electrons. The number of aryl methyl sites for hydroxylation is 3. The molecule has 1 unspecified atom stereocenters. The lowest BCUT2D eigenvalue weighted by Gasteiger charge is -2.16. The summed E-state index contributed by atoms with van der Waals surface area (Å²) >= 11 is 0. The molecule has 1 N–H and O–H groups in total. The summed E-state index contributed by atoms with van der Waals surface area (Å²) in [6.07, 6.45) is 3.65. The summed E-state index contributed by atoms with van der Waals surface area (Å²) in [5.74, 6) is 0.732. The summed E-state index contributed by atoms with van der Waals surface area (Å²) in [5.41, 5.74) is 2.81. The van der Waals surface area contributed by atoms with E-state index in [1.54, 1.807) is 4.90 Å². The predicted molar refractivity (Wildman–Crippen MR) is 99.0 cm³/mol. The van der Waals surface area contributed by atoms with Gasteiger partial charge in [-0.2, -0.15) is 5.10 Å². The number of nitrogens with one attached hydrogen (secondary N) is 1. The van der Waals surface area contributed by atoms with E-state index in [1.165, 1.54) is 0 Å². The number of hydrogen-bond acceptors (Lipinski definition) is 5. The van der Waals surface area contributed by atoms with Gasteiger partial charge in [-0.3, -0.25) is 14.3 Å². The quantitative estimate of drug-likeness (QED) is 0.792. The Morgan fingerprint density at radius 3 is 2.81 bits per heavy atom. The van der Waals surface area contributed by atoms with Crippen molar-refractivity contribution in [3.05, 3.63) is 35.0 Å². The SMILES string of the molecule is Cc1ccn(CCNC(=O)C2CCN(C(=O)CCc3c(C)noc3C)C2)n1. The van der Waals surface area contributed by atoms with Gasteiger partial charge >= 0.3 is 0 Å². The first-order chi connectivity index (χ1) is 12.9. The fourth-order valence-corrected chi connectivity index (χ4v) is 3.48. The second-order valence-electron chi connectivity index (χ2n) is 7.14. The van der Waals surface area contributed by atoms with Crippen LogP contribution in [0.4, 0.5) is 0 Å². The van der Waals surface area contributed by atoms with Gasteiger partial charge in [0.05, 0.1) is 23.9 Å². The number of rotatable bonds is 7. The standard InChI is InChI=1S/C19H27N5O3/c1-13-6-10-24(21-13)11-8-20-19(26)16-7-9-23(12-16)18(25)5-4-17-14(2)22-27-15(17)3/h6,10,16H,4-5,7-9,11-12H2,1-3H3,(H,20,26). The largest absolute Gasteiger partial charge is 0.361 e. The maximum atomic E-state index is 12.5. The summed E-state index contributed by atoms with van der Waals surface area (Å²) < 4.78 is 6.95. The van der Waals surface area contributed by atoms with Crippen LogP contribution in [0, 0.1) is 26.7 Å². The Morgan fingerprint density at radius 2 is 2.15 bits per heavy atom. The highest BCUT2D eigenvalue weighted by Gasteiger charge is 2.30. The van der Waals surface area contributed by atoms with Crippen molar-refractivity contribution in [3.8, 4) is 0 Å². The number of aromatic nitrogens is 3. The number of hydrogen-bond donors (Lipinski definition) is 1. The van der Waals surface area contributed by atoms with Crippen molar-refractivity contribution in [1.82, 2.24) is 25.2 Å². The normalized spacial score (nSPS) is 16.7. The number of amides is 2. The molecule has 146 valence electrons. The number of likely N-dealkylation sites (tertiary alicyclic amines) is 1. The monoisotopic (exact) mass is 373 g/mol. The lowest BCUT2D eigenvalue weighted by molar-refractivity contribution is -0.130. The van der Waals surface area contributed by atoms with E-state index in [2.05, 4.69) is 15.6 Å². The molecule has 0 saturated carbocycles. The van der Waals surface area contributed by atoms with Gasteiger partial charge in [0.2, 0.25) is 11.8 Å². The highest BCUT2D eigenvalue weighted by molar-refractivity contribution is 5.82. The minimum atomic E-state index is -0.132. The van der Waals surface area contributed by atoms with Gasteiger partial charge in [0.25, 0.3) is 0 Å².